The van der Waals surface area contributed by atoms with E-state index in [4.69, 9.17) is 10.5 Å². The van der Waals surface area contributed by atoms with Gasteiger partial charge in [-0.05, 0) is 31.4 Å². The van der Waals surface area contributed by atoms with Gasteiger partial charge in [0.25, 0.3) is 0 Å². The Morgan fingerprint density at radius 3 is 2.67 bits per heavy atom. The Kier molecular flexibility index (Phi) is 6.86. The maximum atomic E-state index is 5.89. The summed E-state index contributed by atoms with van der Waals surface area (Å²) in [5.74, 6) is 1.27. The van der Waals surface area contributed by atoms with Gasteiger partial charge < -0.3 is 15.8 Å². The lowest BCUT2D eigenvalue weighted by molar-refractivity contribution is 0.0794. The van der Waals surface area contributed by atoms with Crippen LogP contribution in [0.4, 0.5) is 0 Å². The average Bonchev–Trinajstić information content (AvgIpc) is 2.37. The summed E-state index contributed by atoms with van der Waals surface area (Å²) < 4.78 is 5.64. The Morgan fingerprint density at radius 2 is 2.11 bits per heavy atom. The van der Waals surface area contributed by atoms with Gasteiger partial charge in [0.05, 0.1) is 6.54 Å². The van der Waals surface area contributed by atoms with Gasteiger partial charge in [-0.15, -0.1) is 0 Å². The second-order valence-corrected chi connectivity index (χ2v) is 6.58. The van der Waals surface area contributed by atoms with Crippen LogP contribution in [0.3, 0.4) is 0 Å². The van der Waals surface area contributed by atoms with Crippen molar-refractivity contribution in [3.8, 4) is 0 Å². The van der Waals surface area contributed by atoms with Gasteiger partial charge in [-0.25, -0.2) is 0 Å². The van der Waals surface area contributed by atoms with Crippen molar-refractivity contribution in [1.82, 2.24) is 5.32 Å². The summed E-state index contributed by atoms with van der Waals surface area (Å²) >= 11 is 1.89. The van der Waals surface area contributed by atoms with Crippen LogP contribution in [-0.2, 0) is 4.74 Å². The monoisotopic (exact) mass is 273 g/mol. The normalized spacial score (nSPS) is 20.1. The Bertz CT molecular complexity index is 263. The number of rotatable bonds is 6. The number of hydrogen-bond donors (Lipinski definition) is 2. The van der Waals surface area contributed by atoms with E-state index in [2.05, 4.69) is 30.4 Å². The molecule has 0 radical (unpaired) electrons. The molecule has 0 amide bonds. The summed E-state index contributed by atoms with van der Waals surface area (Å²) in [7, 11) is 0. The summed E-state index contributed by atoms with van der Waals surface area (Å²) in [6.45, 7) is 7.80. The highest BCUT2D eigenvalue weighted by Gasteiger charge is 2.31. The molecule has 1 aliphatic rings. The van der Waals surface area contributed by atoms with Crippen LogP contribution >= 0.6 is 11.8 Å². The molecule has 1 saturated heterocycles. The second-order valence-electron chi connectivity index (χ2n) is 5.31. The van der Waals surface area contributed by atoms with Gasteiger partial charge in [-0.2, -0.15) is 11.8 Å². The number of guanidine groups is 1. The van der Waals surface area contributed by atoms with E-state index in [1.807, 2.05) is 11.8 Å². The second kappa shape index (κ2) is 7.89. The molecule has 1 heterocycles. The molecule has 106 valence electrons. The number of nitrogens with zero attached hydrogens (tertiary/aromatic N) is 1. The average molecular weight is 273 g/mol. The Labute approximate surface area is 115 Å². The van der Waals surface area contributed by atoms with Crippen molar-refractivity contribution < 1.29 is 4.74 Å². The van der Waals surface area contributed by atoms with Gasteiger partial charge >= 0.3 is 0 Å². The maximum absolute atomic E-state index is 5.89. The summed E-state index contributed by atoms with van der Waals surface area (Å²) in [4.78, 5) is 4.49. The van der Waals surface area contributed by atoms with Gasteiger partial charge in [0.15, 0.2) is 5.96 Å². The molecule has 0 aromatic carbocycles. The summed E-state index contributed by atoms with van der Waals surface area (Å²) in [6, 6.07) is 0. The molecular weight excluding hydrogens is 246 g/mol. The third-order valence-corrected chi connectivity index (χ3v) is 4.81. The van der Waals surface area contributed by atoms with Crippen LogP contribution in [0.1, 0.15) is 33.1 Å². The molecule has 1 fully saturated rings. The molecule has 4 nitrogen and oxygen atoms in total. The first-order chi connectivity index (χ1) is 8.58. The zero-order valence-corrected chi connectivity index (χ0v) is 12.7. The minimum atomic E-state index is 0.225. The fourth-order valence-electron chi connectivity index (χ4n) is 1.94. The predicted octanol–water partition coefficient (Wildman–Crippen LogP) is 1.85. The lowest BCUT2D eigenvalue weighted by atomic mass is 9.99. The molecule has 0 aromatic rings. The number of ether oxygens (including phenoxy) is 1. The maximum Gasteiger partial charge on any atom is 0.188 e. The zero-order chi connectivity index (χ0) is 13.4. The fourth-order valence-corrected chi connectivity index (χ4v) is 2.71. The third-order valence-electron chi connectivity index (χ3n) is 3.40. The van der Waals surface area contributed by atoms with Crippen molar-refractivity contribution in [2.45, 2.75) is 37.9 Å². The fraction of sp³-hybridized carbons (Fsp3) is 0.923. The predicted molar refractivity (Wildman–Crippen MR) is 80.2 cm³/mol. The molecule has 0 aliphatic carbocycles. The van der Waals surface area contributed by atoms with E-state index in [1.54, 1.807) is 0 Å². The van der Waals surface area contributed by atoms with E-state index in [0.717, 1.165) is 45.6 Å². The molecule has 0 atom stereocenters. The van der Waals surface area contributed by atoms with Gasteiger partial charge in [0.2, 0.25) is 0 Å². The molecule has 3 N–H and O–H groups in total. The molecule has 5 heteroatoms. The van der Waals surface area contributed by atoms with E-state index in [0.29, 0.717) is 11.9 Å². The smallest absolute Gasteiger partial charge is 0.188 e. The van der Waals surface area contributed by atoms with Crippen molar-refractivity contribution in [2.24, 2.45) is 16.6 Å². The van der Waals surface area contributed by atoms with E-state index >= 15 is 0 Å². The molecule has 1 rings (SSSR count). The molecule has 0 bridgehead atoms. The van der Waals surface area contributed by atoms with Crippen LogP contribution in [0.25, 0.3) is 0 Å². The molecular formula is C13H27N3OS. The SMILES string of the molecule is CSC1(CN=C(N)NCCC(C)C)CCOCC1. The van der Waals surface area contributed by atoms with Crippen LogP contribution < -0.4 is 11.1 Å². The summed E-state index contributed by atoms with van der Waals surface area (Å²) in [5.41, 5.74) is 5.89. The number of nitrogens with one attached hydrogen (secondary N) is 1. The molecule has 0 spiro atoms. The number of thioether (sulfide) groups is 1. The molecule has 0 saturated carbocycles. The lowest BCUT2D eigenvalue weighted by Gasteiger charge is -2.34. The van der Waals surface area contributed by atoms with Crippen molar-refractivity contribution >= 4 is 17.7 Å². The molecule has 18 heavy (non-hydrogen) atoms. The van der Waals surface area contributed by atoms with Crippen molar-refractivity contribution in [2.75, 3.05) is 32.6 Å². The van der Waals surface area contributed by atoms with E-state index in [-0.39, 0.29) is 4.75 Å². The summed E-state index contributed by atoms with van der Waals surface area (Å²) in [5, 5.41) is 3.18. The zero-order valence-electron chi connectivity index (χ0n) is 11.9. The topological polar surface area (TPSA) is 59.6 Å². The molecule has 1 aliphatic heterocycles. The highest BCUT2D eigenvalue weighted by Crippen LogP contribution is 2.33. The van der Waals surface area contributed by atoms with Gasteiger partial charge in [-0.3, -0.25) is 4.99 Å². The largest absolute Gasteiger partial charge is 0.381 e. The third kappa shape index (κ3) is 5.48. The molecule has 0 aromatic heterocycles. The number of hydrogen-bond acceptors (Lipinski definition) is 3. The minimum absolute atomic E-state index is 0.225. The van der Waals surface area contributed by atoms with Crippen molar-refractivity contribution in [3.05, 3.63) is 0 Å². The highest BCUT2D eigenvalue weighted by atomic mass is 32.2. The molecule has 0 unspecified atom stereocenters. The Hall–Kier alpha value is -0.420. The minimum Gasteiger partial charge on any atom is -0.381 e. The highest BCUT2D eigenvalue weighted by molar-refractivity contribution is 8.00. The van der Waals surface area contributed by atoms with Gasteiger partial charge in [0, 0.05) is 24.5 Å². The Morgan fingerprint density at radius 1 is 1.44 bits per heavy atom. The first-order valence-corrected chi connectivity index (χ1v) is 7.97. The van der Waals surface area contributed by atoms with Gasteiger partial charge in [-0.1, -0.05) is 13.8 Å². The van der Waals surface area contributed by atoms with Crippen LogP contribution in [0, 0.1) is 5.92 Å². The first kappa shape index (κ1) is 15.6. The van der Waals surface area contributed by atoms with E-state index < -0.39 is 0 Å². The van der Waals surface area contributed by atoms with Crippen molar-refractivity contribution in [1.29, 1.82) is 0 Å². The number of aliphatic imine (C=N–C) groups is 1. The van der Waals surface area contributed by atoms with E-state index in [9.17, 15) is 0 Å². The summed E-state index contributed by atoms with van der Waals surface area (Å²) in [6.07, 6.45) is 5.41. The van der Waals surface area contributed by atoms with Crippen LogP contribution in [0.2, 0.25) is 0 Å². The first-order valence-electron chi connectivity index (χ1n) is 6.75. The van der Waals surface area contributed by atoms with Gasteiger partial charge in [0.1, 0.15) is 0 Å². The number of nitrogens with two attached hydrogens (primary N) is 1. The Balaban J connectivity index is 2.35. The van der Waals surface area contributed by atoms with Crippen LogP contribution in [0.5, 0.6) is 0 Å². The van der Waals surface area contributed by atoms with Crippen LogP contribution in [-0.4, -0.2) is 43.3 Å². The lowest BCUT2D eigenvalue weighted by Crippen LogP contribution is -2.39. The van der Waals surface area contributed by atoms with E-state index in [1.165, 1.54) is 0 Å². The van der Waals surface area contributed by atoms with Crippen molar-refractivity contribution in [3.63, 3.8) is 0 Å². The standard InChI is InChI=1S/C13H27N3OS/c1-11(2)4-7-15-12(14)16-10-13(18-3)5-8-17-9-6-13/h11H,4-10H2,1-3H3,(H3,14,15,16). The van der Waals surface area contributed by atoms with Crippen LogP contribution in [0.15, 0.2) is 4.99 Å². The quantitative estimate of drug-likeness (QED) is 0.573.